The summed E-state index contributed by atoms with van der Waals surface area (Å²) in [5.74, 6) is 1.80. The Morgan fingerprint density at radius 3 is 2.79 bits per heavy atom. The van der Waals surface area contributed by atoms with Crippen LogP contribution in [-0.4, -0.2) is 26.8 Å². The number of nitrogens with zero attached hydrogens (tertiary/aromatic N) is 4. The molecule has 0 spiro atoms. The lowest BCUT2D eigenvalue weighted by Gasteiger charge is -2.09. The molecule has 0 aliphatic heterocycles. The van der Waals surface area contributed by atoms with Crippen LogP contribution in [0.3, 0.4) is 0 Å². The number of aromatic nitrogens is 4. The van der Waals surface area contributed by atoms with E-state index in [9.17, 15) is 4.79 Å². The maximum Gasteiger partial charge on any atom is 0.272 e. The second kappa shape index (κ2) is 7.26. The van der Waals surface area contributed by atoms with Gasteiger partial charge in [0.05, 0.1) is 24.6 Å². The molecule has 0 aliphatic carbocycles. The standard InChI is InChI=1S/C21H20N4O3/c1-4-25-18-9-8-15(12-17(18)22-13(2)21(25)26)20-23-19(28-24-20)11-14-6-5-7-16(10-14)27-3/h5-10,12H,4,11H2,1-3H3. The number of ether oxygens (including phenoxy) is 1. The fraction of sp³-hybridized carbons (Fsp3) is 0.238. The highest BCUT2D eigenvalue weighted by atomic mass is 16.5. The summed E-state index contributed by atoms with van der Waals surface area (Å²) in [6, 6.07) is 13.4. The summed E-state index contributed by atoms with van der Waals surface area (Å²) >= 11 is 0. The summed E-state index contributed by atoms with van der Waals surface area (Å²) < 4.78 is 12.4. The van der Waals surface area contributed by atoms with Gasteiger partial charge in [-0.3, -0.25) is 4.79 Å². The Balaban J connectivity index is 1.67. The molecule has 0 saturated heterocycles. The molecule has 2 heterocycles. The molecule has 142 valence electrons. The van der Waals surface area contributed by atoms with Crippen LogP contribution in [0.1, 0.15) is 24.1 Å². The monoisotopic (exact) mass is 376 g/mol. The molecule has 4 aromatic rings. The molecule has 7 heteroatoms. The molecule has 0 aliphatic rings. The number of hydrogen-bond acceptors (Lipinski definition) is 6. The molecular formula is C21H20N4O3. The molecule has 0 bridgehead atoms. The second-order valence-electron chi connectivity index (χ2n) is 6.49. The van der Waals surface area contributed by atoms with E-state index in [1.807, 2.05) is 49.4 Å². The second-order valence-corrected chi connectivity index (χ2v) is 6.49. The van der Waals surface area contributed by atoms with Crippen molar-refractivity contribution in [3.63, 3.8) is 0 Å². The zero-order valence-corrected chi connectivity index (χ0v) is 16.0. The summed E-state index contributed by atoms with van der Waals surface area (Å²) in [4.78, 5) is 21.2. The van der Waals surface area contributed by atoms with Crippen molar-refractivity contribution in [3.05, 3.63) is 70.0 Å². The van der Waals surface area contributed by atoms with E-state index < -0.39 is 0 Å². The van der Waals surface area contributed by atoms with E-state index in [4.69, 9.17) is 9.26 Å². The van der Waals surface area contributed by atoms with Crippen molar-refractivity contribution in [2.75, 3.05) is 7.11 Å². The predicted octanol–water partition coefficient (Wildman–Crippen LogP) is 3.37. The van der Waals surface area contributed by atoms with E-state index in [2.05, 4.69) is 15.1 Å². The molecule has 2 aromatic heterocycles. The van der Waals surface area contributed by atoms with Crippen LogP contribution in [0.2, 0.25) is 0 Å². The molecular weight excluding hydrogens is 356 g/mol. The Morgan fingerprint density at radius 1 is 1.14 bits per heavy atom. The van der Waals surface area contributed by atoms with Gasteiger partial charge in [0, 0.05) is 12.1 Å². The molecule has 0 radical (unpaired) electrons. The minimum absolute atomic E-state index is 0.0668. The largest absolute Gasteiger partial charge is 0.497 e. The van der Waals surface area contributed by atoms with Gasteiger partial charge in [-0.25, -0.2) is 4.98 Å². The summed E-state index contributed by atoms with van der Waals surface area (Å²) in [6.45, 7) is 4.25. The van der Waals surface area contributed by atoms with Gasteiger partial charge in [-0.05, 0) is 49.7 Å². The van der Waals surface area contributed by atoms with Crippen molar-refractivity contribution in [3.8, 4) is 17.1 Å². The van der Waals surface area contributed by atoms with Crippen molar-refractivity contribution in [2.24, 2.45) is 0 Å². The average molecular weight is 376 g/mol. The van der Waals surface area contributed by atoms with Gasteiger partial charge in [0.1, 0.15) is 11.4 Å². The normalized spacial score (nSPS) is 11.1. The molecule has 7 nitrogen and oxygen atoms in total. The Morgan fingerprint density at radius 2 is 2.00 bits per heavy atom. The first-order valence-corrected chi connectivity index (χ1v) is 9.06. The molecule has 4 rings (SSSR count). The quantitative estimate of drug-likeness (QED) is 0.531. The van der Waals surface area contributed by atoms with Gasteiger partial charge >= 0.3 is 0 Å². The molecule has 2 aromatic carbocycles. The third kappa shape index (κ3) is 3.26. The molecule has 0 amide bonds. The third-order valence-electron chi connectivity index (χ3n) is 4.64. The fourth-order valence-electron chi connectivity index (χ4n) is 3.23. The molecule has 0 N–H and O–H groups in total. The van der Waals surface area contributed by atoms with Gasteiger partial charge in [-0.2, -0.15) is 4.98 Å². The highest BCUT2D eigenvalue weighted by Crippen LogP contribution is 2.22. The van der Waals surface area contributed by atoms with Gasteiger partial charge < -0.3 is 13.8 Å². The van der Waals surface area contributed by atoms with Crippen molar-refractivity contribution >= 4 is 11.0 Å². The Bertz CT molecular complexity index is 1210. The molecule has 0 fully saturated rings. The van der Waals surface area contributed by atoms with E-state index in [1.165, 1.54) is 0 Å². The zero-order chi connectivity index (χ0) is 19.7. The molecule has 0 saturated carbocycles. The van der Waals surface area contributed by atoms with Crippen LogP contribution in [-0.2, 0) is 13.0 Å². The minimum atomic E-state index is -0.0668. The van der Waals surface area contributed by atoms with Crippen molar-refractivity contribution in [1.29, 1.82) is 0 Å². The minimum Gasteiger partial charge on any atom is -0.497 e. The highest BCUT2D eigenvalue weighted by Gasteiger charge is 2.13. The highest BCUT2D eigenvalue weighted by molar-refractivity contribution is 5.80. The smallest absolute Gasteiger partial charge is 0.272 e. The maximum absolute atomic E-state index is 12.2. The van der Waals surface area contributed by atoms with Gasteiger partial charge in [0.25, 0.3) is 5.56 Å². The van der Waals surface area contributed by atoms with E-state index >= 15 is 0 Å². The van der Waals surface area contributed by atoms with E-state index in [1.54, 1.807) is 18.6 Å². The Labute approximate surface area is 161 Å². The Hall–Kier alpha value is -3.48. The number of aryl methyl sites for hydroxylation is 2. The lowest BCUT2D eigenvalue weighted by Crippen LogP contribution is -2.23. The number of methoxy groups -OCH3 is 1. The average Bonchev–Trinajstić information content (AvgIpc) is 3.17. The van der Waals surface area contributed by atoms with Crippen molar-refractivity contribution in [2.45, 2.75) is 26.8 Å². The summed E-state index contributed by atoms with van der Waals surface area (Å²) in [5.41, 5.74) is 3.75. The lowest BCUT2D eigenvalue weighted by atomic mass is 10.1. The van der Waals surface area contributed by atoms with Gasteiger partial charge in [-0.15, -0.1) is 0 Å². The summed E-state index contributed by atoms with van der Waals surface area (Å²) in [5, 5.41) is 4.10. The van der Waals surface area contributed by atoms with Crippen LogP contribution >= 0.6 is 0 Å². The first-order chi connectivity index (χ1) is 13.6. The lowest BCUT2D eigenvalue weighted by molar-refractivity contribution is 0.385. The van der Waals surface area contributed by atoms with Gasteiger partial charge in [0.15, 0.2) is 0 Å². The van der Waals surface area contributed by atoms with Crippen LogP contribution in [0.5, 0.6) is 5.75 Å². The predicted molar refractivity (Wildman–Crippen MR) is 106 cm³/mol. The van der Waals surface area contributed by atoms with E-state index in [0.717, 1.165) is 27.9 Å². The summed E-state index contributed by atoms with van der Waals surface area (Å²) in [6.07, 6.45) is 0.518. The van der Waals surface area contributed by atoms with Gasteiger partial charge in [-0.1, -0.05) is 17.3 Å². The van der Waals surface area contributed by atoms with E-state index in [-0.39, 0.29) is 5.56 Å². The van der Waals surface area contributed by atoms with Crippen LogP contribution in [0.25, 0.3) is 22.4 Å². The van der Waals surface area contributed by atoms with Crippen molar-refractivity contribution < 1.29 is 9.26 Å². The summed E-state index contributed by atoms with van der Waals surface area (Å²) in [7, 11) is 1.64. The zero-order valence-electron chi connectivity index (χ0n) is 16.0. The topological polar surface area (TPSA) is 83.0 Å². The number of benzene rings is 2. The van der Waals surface area contributed by atoms with Crippen LogP contribution in [0, 0.1) is 6.92 Å². The fourth-order valence-corrected chi connectivity index (χ4v) is 3.23. The maximum atomic E-state index is 12.2. The van der Waals surface area contributed by atoms with Crippen LogP contribution in [0.15, 0.2) is 51.8 Å². The Kier molecular flexibility index (Phi) is 4.65. The molecule has 0 unspecified atom stereocenters. The molecule has 28 heavy (non-hydrogen) atoms. The first kappa shape index (κ1) is 17.9. The molecule has 0 atom stereocenters. The SMILES string of the molecule is CCn1c(=O)c(C)nc2cc(-c3noc(Cc4cccc(OC)c4)n3)ccc21. The first-order valence-electron chi connectivity index (χ1n) is 9.06. The third-order valence-corrected chi connectivity index (χ3v) is 4.64. The van der Waals surface area contributed by atoms with Gasteiger partial charge in [0.2, 0.25) is 11.7 Å². The van der Waals surface area contributed by atoms with Crippen molar-refractivity contribution in [1.82, 2.24) is 19.7 Å². The van der Waals surface area contributed by atoms with Crippen LogP contribution < -0.4 is 10.3 Å². The number of rotatable bonds is 5. The van der Waals surface area contributed by atoms with E-state index in [0.29, 0.717) is 30.4 Å². The number of fused-ring (bicyclic) bond motifs is 1. The number of hydrogen-bond donors (Lipinski definition) is 0. The van der Waals surface area contributed by atoms with Crippen LogP contribution in [0.4, 0.5) is 0 Å².